The van der Waals surface area contributed by atoms with Gasteiger partial charge in [-0.15, -0.1) is 0 Å². The molecule has 6 aromatic rings. The first-order valence-corrected chi connectivity index (χ1v) is 15.0. The van der Waals surface area contributed by atoms with Crippen LogP contribution in [0.1, 0.15) is 62.3 Å². The van der Waals surface area contributed by atoms with Crippen LogP contribution in [0, 0.1) is 20.8 Å². The van der Waals surface area contributed by atoms with Crippen molar-refractivity contribution in [1.29, 1.82) is 0 Å². The van der Waals surface area contributed by atoms with E-state index in [0.29, 0.717) is 0 Å². The number of aromatic nitrogens is 6. The van der Waals surface area contributed by atoms with Gasteiger partial charge in [0, 0.05) is 51.4 Å². The van der Waals surface area contributed by atoms with E-state index < -0.39 is 0 Å². The highest BCUT2D eigenvalue weighted by Crippen LogP contribution is 2.35. The molecule has 0 fully saturated rings. The summed E-state index contributed by atoms with van der Waals surface area (Å²) in [5, 5.41) is 0. The molecule has 0 saturated heterocycles. The second-order valence-electron chi connectivity index (χ2n) is 11.6. The maximum absolute atomic E-state index is 5.18. The third-order valence-electron chi connectivity index (χ3n) is 8.94. The van der Waals surface area contributed by atoms with Crippen molar-refractivity contribution in [2.45, 2.75) is 26.7 Å². The number of fused-ring (bicyclic) bond motifs is 8. The number of benzene rings is 1. The maximum Gasteiger partial charge on any atom is 0.0737 e. The molecule has 2 aliphatic rings. The van der Waals surface area contributed by atoms with Crippen LogP contribution in [0.3, 0.4) is 0 Å². The molecule has 5 aromatic heterocycles. The molecule has 44 heavy (non-hydrogen) atoms. The first-order chi connectivity index (χ1) is 21.5. The maximum atomic E-state index is 5.18. The predicted molar refractivity (Wildman–Crippen MR) is 181 cm³/mol. The number of hydrogen-bond acceptors (Lipinski definition) is 2. The first kappa shape index (κ1) is 26.0. The lowest BCUT2D eigenvalue weighted by Gasteiger charge is -2.16. The summed E-state index contributed by atoms with van der Waals surface area (Å²) in [5.41, 5.74) is 17.0. The largest absolute Gasteiger partial charge is 0.364 e. The summed E-state index contributed by atoms with van der Waals surface area (Å²) in [6.45, 7) is 6.37. The number of aromatic amines is 4. The van der Waals surface area contributed by atoms with Gasteiger partial charge in [0.15, 0.2) is 0 Å². The van der Waals surface area contributed by atoms with Gasteiger partial charge in [0.05, 0.1) is 28.7 Å². The molecule has 0 unspecified atom stereocenters. The molecule has 0 saturated carbocycles. The molecule has 0 spiro atoms. The van der Waals surface area contributed by atoms with E-state index in [2.05, 4.69) is 126 Å². The molecule has 214 valence electrons. The van der Waals surface area contributed by atoms with Gasteiger partial charge in [-0.05, 0) is 121 Å². The van der Waals surface area contributed by atoms with Crippen LogP contribution in [-0.2, 0) is 0 Å². The van der Waals surface area contributed by atoms with Gasteiger partial charge in [-0.1, -0.05) is 24.3 Å². The van der Waals surface area contributed by atoms with Crippen molar-refractivity contribution in [1.82, 2.24) is 29.9 Å². The molecule has 4 N–H and O–H groups in total. The Morgan fingerprint density at radius 1 is 0.500 bits per heavy atom. The van der Waals surface area contributed by atoms with Gasteiger partial charge in [-0.25, -0.2) is 9.97 Å². The Bertz CT molecular complexity index is 2200. The quantitative estimate of drug-likeness (QED) is 0.169. The van der Waals surface area contributed by atoms with Gasteiger partial charge in [-0.3, -0.25) is 0 Å². The smallest absolute Gasteiger partial charge is 0.0737 e. The number of nitrogens with one attached hydrogen (secondary N) is 4. The second kappa shape index (κ2) is 10.3. The standard InChI is InChI=1S/C38H32N6/c1-22-27-12-14-29(41-27)23(2)31-16-18-35(43-31)38(36-19-17-32(44-36)24(3)30-15-13-28(22)42-30)26-10-8-25(9-11-26)37(33-6-4-20-39-33)34-7-5-21-40-34/h4-21,37,39-41,44H,1-3H3. The summed E-state index contributed by atoms with van der Waals surface area (Å²) in [4.78, 5) is 24.3. The lowest BCUT2D eigenvalue weighted by molar-refractivity contribution is 0.898. The topological polar surface area (TPSA) is 88.9 Å². The van der Waals surface area contributed by atoms with E-state index >= 15 is 0 Å². The van der Waals surface area contributed by atoms with Crippen LogP contribution >= 0.6 is 0 Å². The molecule has 0 aliphatic carbocycles. The van der Waals surface area contributed by atoms with Crippen molar-refractivity contribution in [3.63, 3.8) is 0 Å². The SMILES string of the molecule is Cc1c2nc(c(C)c3ccc([nH]3)c(-c3ccc(C(c4ccc[nH]4)c4ccc[nH]4)cc3)c3nc(c(C)c4ccc1[nH]4)C=C3)C=C2. The monoisotopic (exact) mass is 572 g/mol. The molecular weight excluding hydrogens is 540 g/mol. The second-order valence-corrected chi connectivity index (χ2v) is 11.6. The lowest BCUT2D eigenvalue weighted by Crippen LogP contribution is -2.04. The summed E-state index contributed by atoms with van der Waals surface area (Å²) in [5.74, 6) is 0.0832. The van der Waals surface area contributed by atoms with Crippen LogP contribution < -0.4 is 0 Å². The van der Waals surface area contributed by atoms with Crippen molar-refractivity contribution in [2.24, 2.45) is 0 Å². The van der Waals surface area contributed by atoms with Crippen LogP contribution in [-0.4, -0.2) is 29.9 Å². The minimum absolute atomic E-state index is 0.0832. The molecule has 8 rings (SSSR count). The summed E-state index contributed by atoms with van der Waals surface area (Å²) in [6.07, 6.45) is 12.4. The summed E-state index contributed by atoms with van der Waals surface area (Å²) < 4.78 is 0. The van der Waals surface area contributed by atoms with Crippen molar-refractivity contribution in [3.8, 4) is 11.1 Å². The number of aryl methyl sites for hydroxylation is 3. The highest BCUT2D eigenvalue weighted by atomic mass is 14.8. The normalized spacial score (nSPS) is 12.5. The van der Waals surface area contributed by atoms with Crippen LogP contribution in [0.15, 0.2) is 85.2 Å². The third-order valence-corrected chi connectivity index (χ3v) is 8.94. The van der Waals surface area contributed by atoms with Gasteiger partial charge >= 0.3 is 0 Å². The average molecular weight is 573 g/mol. The zero-order valence-corrected chi connectivity index (χ0v) is 24.9. The Morgan fingerprint density at radius 3 is 1.45 bits per heavy atom. The van der Waals surface area contributed by atoms with E-state index in [0.717, 1.165) is 84.0 Å². The Morgan fingerprint density at radius 2 is 0.955 bits per heavy atom. The third kappa shape index (κ3) is 4.34. The highest BCUT2D eigenvalue weighted by molar-refractivity contribution is 5.92. The molecule has 6 nitrogen and oxygen atoms in total. The fourth-order valence-corrected chi connectivity index (χ4v) is 6.35. The van der Waals surface area contributed by atoms with E-state index in [9.17, 15) is 0 Å². The number of H-pyrrole nitrogens is 4. The number of nitrogens with zero attached hydrogens (tertiary/aromatic N) is 2. The number of hydrogen-bond donors (Lipinski definition) is 4. The van der Waals surface area contributed by atoms with Crippen LogP contribution in [0.5, 0.6) is 0 Å². The fourth-order valence-electron chi connectivity index (χ4n) is 6.35. The number of rotatable bonds is 4. The Hall–Kier alpha value is -5.62. The lowest BCUT2D eigenvalue weighted by atomic mass is 9.91. The molecule has 1 aromatic carbocycles. The van der Waals surface area contributed by atoms with Gasteiger partial charge < -0.3 is 19.9 Å². The zero-order valence-electron chi connectivity index (χ0n) is 24.9. The molecule has 6 heteroatoms. The fraction of sp³-hybridized carbons (Fsp3) is 0.105. The van der Waals surface area contributed by atoms with E-state index in [-0.39, 0.29) is 5.92 Å². The van der Waals surface area contributed by atoms with E-state index in [1.54, 1.807) is 0 Å². The summed E-state index contributed by atoms with van der Waals surface area (Å²) >= 11 is 0. The Balaban J connectivity index is 1.36. The molecule has 0 amide bonds. The molecule has 0 radical (unpaired) electrons. The van der Waals surface area contributed by atoms with E-state index in [4.69, 9.17) is 9.97 Å². The summed E-state index contributed by atoms with van der Waals surface area (Å²) in [6, 6.07) is 25.8. The van der Waals surface area contributed by atoms with Crippen LogP contribution in [0.25, 0.3) is 57.5 Å². The molecule has 0 atom stereocenters. The molecule has 2 aliphatic heterocycles. The Labute approximate surface area is 255 Å². The molecule has 7 heterocycles. The van der Waals surface area contributed by atoms with E-state index in [1.807, 2.05) is 24.5 Å². The van der Waals surface area contributed by atoms with Gasteiger partial charge in [0.1, 0.15) is 0 Å². The van der Waals surface area contributed by atoms with Gasteiger partial charge in [-0.2, -0.15) is 0 Å². The van der Waals surface area contributed by atoms with Crippen molar-refractivity contribution in [3.05, 3.63) is 142 Å². The average Bonchev–Trinajstić information content (AvgIpc) is 3.90. The molecule has 8 bridgehead atoms. The van der Waals surface area contributed by atoms with E-state index in [1.165, 1.54) is 5.56 Å². The molecular formula is C38H32N6. The highest BCUT2D eigenvalue weighted by Gasteiger charge is 2.20. The van der Waals surface area contributed by atoms with Crippen molar-refractivity contribution < 1.29 is 0 Å². The first-order valence-electron chi connectivity index (χ1n) is 15.0. The van der Waals surface area contributed by atoms with Gasteiger partial charge in [0.2, 0.25) is 0 Å². The minimum atomic E-state index is 0.0832. The Kier molecular flexibility index (Phi) is 6.08. The van der Waals surface area contributed by atoms with Crippen molar-refractivity contribution >= 4 is 46.4 Å². The van der Waals surface area contributed by atoms with Crippen LogP contribution in [0.4, 0.5) is 0 Å². The van der Waals surface area contributed by atoms with Crippen molar-refractivity contribution in [2.75, 3.05) is 0 Å². The predicted octanol–water partition coefficient (Wildman–Crippen LogP) is 9.08. The van der Waals surface area contributed by atoms with Gasteiger partial charge in [0.25, 0.3) is 0 Å². The summed E-state index contributed by atoms with van der Waals surface area (Å²) in [7, 11) is 0. The zero-order chi connectivity index (χ0) is 29.8. The minimum Gasteiger partial charge on any atom is -0.364 e. The van der Waals surface area contributed by atoms with Crippen LogP contribution in [0.2, 0.25) is 0 Å².